The normalized spacial score (nSPS) is 13.1. The summed E-state index contributed by atoms with van der Waals surface area (Å²) in [6.07, 6.45) is 0.0233. The van der Waals surface area contributed by atoms with E-state index >= 15 is 0 Å². The predicted molar refractivity (Wildman–Crippen MR) is 75.0 cm³/mol. The van der Waals surface area contributed by atoms with E-state index in [1.54, 1.807) is 18.2 Å². The van der Waals surface area contributed by atoms with E-state index < -0.39 is 5.97 Å². The lowest BCUT2D eigenvalue weighted by molar-refractivity contribution is -0.137. The van der Waals surface area contributed by atoms with Crippen molar-refractivity contribution in [2.45, 2.75) is 33.2 Å². The van der Waals surface area contributed by atoms with Crippen molar-refractivity contribution in [3.63, 3.8) is 0 Å². The summed E-state index contributed by atoms with van der Waals surface area (Å²) in [6.45, 7) is 5.94. The molecule has 0 aliphatic rings. The number of nitrogens with two attached hydrogens (primary N) is 1. The van der Waals surface area contributed by atoms with Gasteiger partial charge in [0.05, 0.1) is 17.8 Å². The van der Waals surface area contributed by atoms with Crippen LogP contribution < -0.4 is 11.1 Å². The Morgan fingerprint density at radius 1 is 1.50 bits per heavy atom. The largest absolute Gasteiger partial charge is 0.481 e. The third-order valence-corrected chi connectivity index (χ3v) is 3.00. The first-order valence-electron chi connectivity index (χ1n) is 5.73. The summed E-state index contributed by atoms with van der Waals surface area (Å²) in [4.78, 5) is 10.9. The number of hydrogen-bond acceptors (Lipinski definition) is 3. The van der Waals surface area contributed by atoms with Crippen molar-refractivity contribution < 1.29 is 9.90 Å². The van der Waals surface area contributed by atoms with Crippen molar-refractivity contribution in [1.82, 2.24) is 0 Å². The average molecular weight is 271 g/mol. The maximum Gasteiger partial charge on any atom is 0.305 e. The van der Waals surface area contributed by atoms with Gasteiger partial charge in [-0.25, -0.2) is 0 Å². The second kappa shape index (κ2) is 5.48. The molecule has 0 saturated heterocycles. The van der Waals surface area contributed by atoms with E-state index in [0.29, 0.717) is 16.4 Å². The van der Waals surface area contributed by atoms with E-state index in [1.165, 1.54) is 0 Å². The summed E-state index contributed by atoms with van der Waals surface area (Å²) in [5.74, 6) is -0.844. The van der Waals surface area contributed by atoms with Crippen LogP contribution in [-0.2, 0) is 4.79 Å². The highest BCUT2D eigenvalue weighted by atomic mass is 35.5. The molecule has 0 radical (unpaired) electrons. The second-order valence-electron chi connectivity index (χ2n) is 5.39. The fourth-order valence-corrected chi connectivity index (χ4v) is 1.76. The Kier molecular flexibility index (Phi) is 4.46. The van der Waals surface area contributed by atoms with E-state index in [9.17, 15) is 4.79 Å². The van der Waals surface area contributed by atoms with Crippen LogP contribution in [0.3, 0.4) is 0 Å². The molecule has 0 unspecified atom stereocenters. The molecule has 0 aliphatic heterocycles. The Hall–Kier alpha value is -1.42. The second-order valence-corrected chi connectivity index (χ2v) is 5.83. The van der Waals surface area contributed by atoms with Gasteiger partial charge in [0.15, 0.2) is 0 Å². The Labute approximate surface area is 112 Å². The van der Waals surface area contributed by atoms with Crippen LogP contribution in [0.5, 0.6) is 0 Å². The minimum Gasteiger partial charge on any atom is -0.481 e. The molecular weight excluding hydrogens is 252 g/mol. The first-order valence-corrected chi connectivity index (χ1v) is 6.11. The quantitative estimate of drug-likeness (QED) is 0.734. The third kappa shape index (κ3) is 4.11. The zero-order valence-electron chi connectivity index (χ0n) is 10.8. The van der Waals surface area contributed by atoms with Gasteiger partial charge < -0.3 is 16.2 Å². The lowest BCUT2D eigenvalue weighted by atomic mass is 9.84. The monoisotopic (exact) mass is 270 g/mol. The molecule has 0 amide bonds. The third-order valence-electron chi connectivity index (χ3n) is 2.77. The topological polar surface area (TPSA) is 75.3 Å². The van der Waals surface area contributed by atoms with Gasteiger partial charge >= 0.3 is 5.97 Å². The summed E-state index contributed by atoms with van der Waals surface area (Å²) in [6, 6.07) is 4.88. The van der Waals surface area contributed by atoms with Gasteiger partial charge in [-0.2, -0.15) is 0 Å². The molecule has 4 nitrogen and oxygen atoms in total. The van der Waals surface area contributed by atoms with E-state index in [0.717, 1.165) is 0 Å². The lowest BCUT2D eigenvalue weighted by Gasteiger charge is -2.31. The van der Waals surface area contributed by atoms with Crippen molar-refractivity contribution >= 4 is 28.9 Å². The number of nitrogens with one attached hydrogen (secondary N) is 1. The summed E-state index contributed by atoms with van der Waals surface area (Å²) < 4.78 is 0. The number of hydrogen-bond donors (Lipinski definition) is 3. The molecule has 0 aliphatic carbocycles. The number of rotatable bonds is 4. The zero-order valence-corrected chi connectivity index (χ0v) is 11.6. The lowest BCUT2D eigenvalue weighted by Crippen LogP contribution is -2.36. The van der Waals surface area contributed by atoms with Gasteiger partial charge in [0.2, 0.25) is 0 Å². The van der Waals surface area contributed by atoms with Crippen LogP contribution in [0.25, 0.3) is 0 Å². The van der Waals surface area contributed by atoms with Crippen LogP contribution in [0.15, 0.2) is 18.2 Å². The molecule has 100 valence electrons. The van der Waals surface area contributed by atoms with Gasteiger partial charge in [-0.1, -0.05) is 32.4 Å². The standard InChI is InChI=1S/C13H19ClN2O2/c1-13(2,3)11(7-12(17)18)16-10-6-8(14)4-5-9(10)15/h4-6,11,16H,7,15H2,1-3H3,(H,17,18)/t11-/m0/s1. The van der Waals surface area contributed by atoms with E-state index in [-0.39, 0.29) is 17.9 Å². The molecule has 0 fully saturated rings. The first-order chi connectivity index (χ1) is 8.20. The molecule has 0 saturated carbocycles. The van der Waals surface area contributed by atoms with Crippen LogP contribution in [0, 0.1) is 5.41 Å². The van der Waals surface area contributed by atoms with Gasteiger partial charge in [-0.05, 0) is 23.6 Å². The fraction of sp³-hybridized carbons (Fsp3) is 0.462. The smallest absolute Gasteiger partial charge is 0.305 e. The fourth-order valence-electron chi connectivity index (χ4n) is 1.59. The maximum absolute atomic E-state index is 10.9. The molecule has 1 aromatic rings. The van der Waals surface area contributed by atoms with E-state index in [4.69, 9.17) is 22.4 Å². The number of carbonyl (C=O) groups is 1. The van der Waals surface area contributed by atoms with Crippen molar-refractivity contribution in [3.8, 4) is 0 Å². The molecule has 0 heterocycles. The Balaban J connectivity index is 2.96. The highest BCUT2D eigenvalue weighted by Crippen LogP contribution is 2.29. The van der Waals surface area contributed by atoms with Gasteiger partial charge in [0.25, 0.3) is 0 Å². The molecule has 1 aromatic carbocycles. The number of benzene rings is 1. The molecule has 5 heteroatoms. The molecule has 18 heavy (non-hydrogen) atoms. The van der Waals surface area contributed by atoms with Gasteiger partial charge in [0, 0.05) is 11.1 Å². The highest BCUT2D eigenvalue weighted by Gasteiger charge is 2.27. The van der Waals surface area contributed by atoms with Crippen LogP contribution >= 0.6 is 11.6 Å². The molecule has 1 rings (SSSR count). The predicted octanol–water partition coefficient (Wildman–Crippen LogP) is 3.22. The summed E-state index contributed by atoms with van der Waals surface area (Å²) in [5, 5.41) is 12.7. The maximum atomic E-state index is 10.9. The first kappa shape index (κ1) is 14.6. The van der Waals surface area contributed by atoms with Crippen molar-refractivity contribution in [2.75, 3.05) is 11.1 Å². The molecule has 4 N–H and O–H groups in total. The summed E-state index contributed by atoms with van der Waals surface area (Å²) >= 11 is 5.91. The molecular formula is C13H19ClN2O2. The van der Waals surface area contributed by atoms with Crippen molar-refractivity contribution in [3.05, 3.63) is 23.2 Å². The Morgan fingerprint density at radius 3 is 2.61 bits per heavy atom. The number of aliphatic carboxylic acids is 1. The van der Waals surface area contributed by atoms with Crippen molar-refractivity contribution in [2.24, 2.45) is 5.41 Å². The van der Waals surface area contributed by atoms with Gasteiger partial charge in [0.1, 0.15) is 0 Å². The number of halogens is 1. The summed E-state index contributed by atoms with van der Waals surface area (Å²) in [5.41, 5.74) is 6.87. The number of carboxylic acids is 1. The Bertz CT molecular complexity index is 441. The average Bonchev–Trinajstić information content (AvgIpc) is 2.20. The van der Waals surface area contributed by atoms with Gasteiger partial charge in [-0.3, -0.25) is 4.79 Å². The Morgan fingerprint density at radius 2 is 2.11 bits per heavy atom. The number of carboxylic acid groups (broad SMARTS) is 1. The van der Waals surface area contributed by atoms with E-state index in [1.807, 2.05) is 20.8 Å². The minimum atomic E-state index is -0.844. The summed E-state index contributed by atoms with van der Waals surface area (Å²) in [7, 11) is 0. The van der Waals surface area contributed by atoms with Crippen LogP contribution in [0.2, 0.25) is 5.02 Å². The molecule has 0 spiro atoms. The number of anilines is 2. The van der Waals surface area contributed by atoms with Crippen molar-refractivity contribution in [1.29, 1.82) is 0 Å². The SMILES string of the molecule is CC(C)(C)[C@H](CC(=O)O)Nc1cc(Cl)ccc1N. The molecule has 1 atom stereocenters. The van der Waals surface area contributed by atoms with Gasteiger partial charge in [-0.15, -0.1) is 0 Å². The van der Waals surface area contributed by atoms with E-state index in [2.05, 4.69) is 5.32 Å². The molecule has 0 aromatic heterocycles. The van der Waals surface area contributed by atoms with Crippen LogP contribution in [0.4, 0.5) is 11.4 Å². The van der Waals surface area contributed by atoms with Crippen LogP contribution in [0.1, 0.15) is 27.2 Å². The van der Waals surface area contributed by atoms with Crippen LogP contribution in [-0.4, -0.2) is 17.1 Å². The highest BCUT2D eigenvalue weighted by molar-refractivity contribution is 6.31. The zero-order chi connectivity index (χ0) is 13.9. The molecule has 0 bridgehead atoms. The minimum absolute atomic E-state index is 0.0233. The number of nitrogen functional groups attached to an aromatic ring is 1.